The molecule has 0 unspecified atom stereocenters. The molecule has 1 aromatic carbocycles. The lowest BCUT2D eigenvalue weighted by atomic mass is 9.81. The van der Waals surface area contributed by atoms with Gasteiger partial charge in [0.05, 0.1) is 12.2 Å². The fourth-order valence-corrected chi connectivity index (χ4v) is 3.15. The zero-order chi connectivity index (χ0) is 15.7. The Bertz CT molecular complexity index is 681. The van der Waals surface area contributed by atoms with E-state index in [-0.39, 0.29) is 11.4 Å². The molecule has 2 aromatic rings. The Morgan fingerprint density at radius 2 is 2.00 bits per heavy atom. The van der Waals surface area contributed by atoms with Gasteiger partial charge in [0, 0.05) is 22.0 Å². The lowest BCUT2D eigenvalue weighted by Crippen LogP contribution is -2.39. The van der Waals surface area contributed by atoms with Crippen molar-refractivity contribution < 1.29 is 9.53 Å². The summed E-state index contributed by atoms with van der Waals surface area (Å²) in [6, 6.07) is 7.86. The maximum absolute atomic E-state index is 12.5. The first kappa shape index (κ1) is 15.1. The average Bonchev–Trinajstić information content (AvgIpc) is 2.84. The van der Waals surface area contributed by atoms with Gasteiger partial charge in [-0.3, -0.25) is 0 Å². The topological polar surface area (TPSA) is 45.3 Å². The summed E-state index contributed by atoms with van der Waals surface area (Å²) in [6.45, 7) is 6.78. The molecule has 22 heavy (non-hydrogen) atoms. The van der Waals surface area contributed by atoms with Crippen LogP contribution >= 0.6 is 0 Å². The molecular weight excluding hydrogens is 276 g/mol. The van der Waals surface area contributed by atoms with E-state index in [1.54, 1.807) is 0 Å². The monoisotopic (exact) mass is 300 g/mol. The minimum Gasteiger partial charge on any atom is -0.461 e. The molecule has 118 valence electrons. The van der Waals surface area contributed by atoms with E-state index in [1.807, 2.05) is 31.2 Å². The molecule has 0 spiro atoms. The SMILES string of the molecule is Cc1[nH]c2ccccc2c1C(=O)OCC1(C)CCN(C)CC1. The summed E-state index contributed by atoms with van der Waals surface area (Å²) in [4.78, 5) is 18.1. The Kier molecular flexibility index (Phi) is 3.96. The van der Waals surface area contributed by atoms with Crippen LogP contribution in [-0.4, -0.2) is 42.6 Å². The number of piperidine rings is 1. The predicted molar refractivity (Wildman–Crippen MR) is 88.2 cm³/mol. The van der Waals surface area contributed by atoms with Gasteiger partial charge in [-0.15, -0.1) is 0 Å². The number of benzene rings is 1. The number of nitrogens with zero attached hydrogens (tertiary/aromatic N) is 1. The molecule has 1 aliphatic rings. The largest absolute Gasteiger partial charge is 0.461 e. The molecule has 0 aliphatic carbocycles. The highest BCUT2D eigenvalue weighted by Crippen LogP contribution is 2.31. The predicted octanol–water partition coefficient (Wildman–Crippen LogP) is 3.37. The van der Waals surface area contributed by atoms with E-state index in [2.05, 4.69) is 23.9 Å². The Hall–Kier alpha value is -1.81. The van der Waals surface area contributed by atoms with Crippen molar-refractivity contribution in [3.63, 3.8) is 0 Å². The van der Waals surface area contributed by atoms with Crippen LogP contribution in [0, 0.1) is 12.3 Å². The number of aromatic amines is 1. The third kappa shape index (κ3) is 2.88. The number of para-hydroxylation sites is 1. The van der Waals surface area contributed by atoms with Crippen molar-refractivity contribution in [1.82, 2.24) is 9.88 Å². The Morgan fingerprint density at radius 1 is 1.32 bits per heavy atom. The zero-order valence-electron chi connectivity index (χ0n) is 13.6. The number of H-pyrrole nitrogens is 1. The van der Waals surface area contributed by atoms with Gasteiger partial charge in [-0.25, -0.2) is 4.79 Å². The Labute approximate surface area is 131 Å². The van der Waals surface area contributed by atoms with Crippen molar-refractivity contribution in [2.45, 2.75) is 26.7 Å². The van der Waals surface area contributed by atoms with Gasteiger partial charge in [0.1, 0.15) is 0 Å². The summed E-state index contributed by atoms with van der Waals surface area (Å²) in [5.74, 6) is -0.213. The molecule has 1 aromatic heterocycles. The molecule has 0 amide bonds. The highest BCUT2D eigenvalue weighted by Gasteiger charge is 2.31. The van der Waals surface area contributed by atoms with Gasteiger partial charge >= 0.3 is 5.97 Å². The van der Waals surface area contributed by atoms with Crippen LogP contribution in [-0.2, 0) is 4.74 Å². The van der Waals surface area contributed by atoms with Crippen LogP contribution in [0.4, 0.5) is 0 Å². The molecule has 0 radical (unpaired) electrons. The normalized spacial score (nSPS) is 18.5. The minimum atomic E-state index is -0.213. The van der Waals surface area contributed by atoms with Gasteiger partial charge in [0.25, 0.3) is 0 Å². The maximum atomic E-state index is 12.5. The molecular formula is C18H24N2O2. The number of aromatic nitrogens is 1. The van der Waals surface area contributed by atoms with E-state index in [1.165, 1.54) is 0 Å². The number of hydrogen-bond acceptors (Lipinski definition) is 3. The molecule has 1 aliphatic heterocycles. The van der Waals surface area contributed by atoms with Crippen LogP contribution in [0.2, 0.25) is 0 Å². The molecule has 0 bridgehead atoms. The van der Waals surface area contributed by atoms with E-state index in [9.17, 15) is 4.79 Å². The average molecular weight is 300 g/mol. The van der Waals surface area contributed by atoms with Gasteiger partial charge in [0.2, 0.25) is 0 Å². The second kappa shape index (κ2) is 5.76. The summed E-state index contributed by atoms with van der Waals surface area (Å²) >= 11 is 0. The third-order valence-electron chi connectivity index (χ3n) is 4.84. The first-order valence-electron chi connectivity index (χ1n) is 7.91. The van der Waals surface area contributed by atoms with Crippen molar-refractivity contribution in [2.75, 3.05) is 26.7 Å². The van der Waals surface area contributed by atoms with Crippen LogP contribution in [0.1, 0.15) is 35.8 Å². The fourth-order valence-electron chi connectivity index (χ4n) is 3.15. The van der Waals surface area contributed by atoms with Crippen molar-refractivity contribution >= 4 is 16.9 Å². The number of likely N-dealkylation sites (tertiary alicyclic amines) is 1. The highest BCUT2D eigenvalue weighted by atomic mass is 16.5. The van der Waals surface area contributed by atoms with Gasteiger partial charge in [-0.2, -0.15) is 0 Å². The maximum Gasteiger partial charge on any atom is 0.340 e. The van der Waals surface area contributed by atoms with Crippen LogP contribution in [0.25, 0.3) is 10.9 Å². The first-order valence-corrected chi connectivity index (χ1v) is 7.91. The van der Waals surface area contributed by atoms with E-state index in [0.717, 1.165) is 42.5 Å². The van der Waals surface area contributed by atoms with Crippen LogP contribution < -0.4 is 0 Å². The lowest BCUT2D eigenvalue weighted by molar-refractivity contribution is 0.0157. The van der Waals surface area contributed by atoms with Crippen LogP contribution in [0.15, 0.2) is 24.3 Å². The number of carbonyl (C=O) groups is 1. The molecule has 1 saturated heterocycles. The van der Waals surface area contributed by atoms with Gasteiger partial charge < -0.3 is 14.6 Å². The van der Waals surface area contributed by atoms with Crippen molar-refractivity contribution in [1.29, 1.82) is 0 Å². The van der Waals surface area contributed by atoms with Gasteiger partial charge in [-0.05, 0) is 46.0 Å². The number of hydrogen-bond donors (Lipinski definition) is 1. The Morgan fingerprint density at radius 3 is 2.73 bits per heavy atom. The van der Waals surface area contributed by atoms with Crippen LogP contribution in [0.5, 0.6) is 0 Å². The number of ether oxygens (including phenoxy) is 1. The number of carbonyl (C=O) groups excluding carboxylic acids is 1. The number of esters is 1. The highest BCUT2D eigenvalue weighted by molar-refractivity contribution is 6.05. The van der Waals surface area contributed by atoms with Crippen molar-refractivity contribution in [2.24, 2.45) is 5.41 Å². The molecule has 1 fully saturated rings. The second-order valence-electron chi connectivity index (χ2n) is 6.86. The van der Waals surface area contributed by atoms with Crippen LogP contribution in [0.3, 0.4) is 0 Å². The number of nitrogens with one attached hydrogen (secondary N) is 1. The summed E-state index contributed by atoms with van der Waals surface area (Å²) < 4.78 is 5.68. The molecule has 2 heterocycles. The number of fused-ring (bicyclic) bond motifs is 1. The third-order valence-corrected chi connectivity index (χ3v) is 4.84. The molecule has 1 N–H and O–H groups in total. The van der Waals surface area contributed by atoms with E-state index < -0.39 is 0 Å². The van der Waals surface area contributed by atoms with Crippen molar-refractivity contribution in [3.8, 4) is 0 Å². The summed E-state index contributed by atoms with van der Waals surface area (Å²) in [5.41, 5.74) is 2.63. The van der Waals surface area contributed by atoms with Gasteiger partial charge in [0.15, 0.2) is 0 Å². The minimum absolute atomic E-state index is 0.0994. The second-order valence-corrected chi connectivity index (χ2v) is 6.86. The summed E-state index contributed by atoms with van der Waals surface area (Å²) in [6.07, 6.45) is 2.15. The molecule has 3 rings (SSSR count). The zero-order valence-corrected chi connectivity index (χ0v) is 13.6. The van der Waals surface area contributed by atoms with E-state index in [0.29, 0.717) is 12.2 Å². The standard InChI is InChI=1S/C18H24N2O2/c1-13-16(14-6-4-5-7-15(14)19-13)17(21)22-12-18(2)8-10-20(3)11-9-18/h4-7,19H,8-12H2,1-3H3. The Balaban J connectivity index is 1.73. The molecule has 0 atom stereocenters. The number of aryl methyl sites for hydroxylation is 1. The summed E-state index contributed by atoms with van der Waals surface area (Å²) in [5, 5.41) is 0.943. The van der Waals surface area contributed by atoms with E-state index in [4.69, 9.17) is 4.74 Å². The lowest BCUT2D eigenvalue weighted by Gasteiger charge is -2.37. The summed E-state index contributed by atoms with van der Waals surface area (Å²) in [7, 11) is 2.14. The molecule has 4 nitrogen and oxygen atoms in total. The van der Waals surface area contributed by atoms with Crippen molar-refractivity contribution in [3.05, 3.63) is 35.5 Å². The quantitative estimate of drug-likeness (QED) is 0.884. The molecule has 4 heteroatoms. The fraction of sp³-hybridized carbons (Fsp3) is 0.500. The van der Waals surface area contributed by atoms with E-state index >= 15 is 0 Å². The number of rotatable bonds is 3. The molecule has 0 saturated carbocycles. The smallest absolute Gasteiger partial charge is 0.340 e. The van der Waals surface area contributed by atoms with Gasteiger partial charge in [-0.1, -0.05) is 25.1 Å². The first-order chi connectivity index (χ1) is 10.5.